The largest absolute Gasteiger partial charge is 0.507 e. The van der Waals surface area contributed by atoms with Gasteiger partial charge in [-0.1, -0.05) is 23.8 Å². The fourth-order valence-electron chi connectivity index (χ4n) is 5.18. The highest BCUT2D eigenvalue weighted by atomic mass is 16.5. The Bertz CT molecular complexity index is 961. The zero-order valence-electron chi connectivity index (χ0n) is 18.5. The van der Waals surface area contributed by atoms with Crippen molar-refractivity contribution in [1.29, 1.82) is 0 Å². The number of nitrogens with one attached hydrogen (secondary N) is 1. The molecule has 4 rings (SSSR count). The van der Waals surface area contributed by atoms with Crippen LogP contribution in [-0.2, 0) is 22.6 Å². The minimum Gasteiger partial charge on any atom is -0.507 e. The molecule has 2 N–H and O–H groups in total. The molecule has 6 nitrogen and oxygen atoms in total. The van der Waals surface area contributed by atoms with E-state index in [1.807, 2.05) is 19.9 Å². The standard InChI is InChI=1S/C25H31NO5/c1-14(5-9-21(27)26-12-18-11-16-6-7-17(18)10-16)4-8-19-23(28)22-20(13-31-25(22)29)15(2)24(19)30-3/h4,6-7,16-18,28H,5,8-13H2,1-3H3,(H,26,27). The molecule has 3 aliphatic rings. The summed E-state index contributed by atoms with van der Waals surface area (Å²) in [6.07, 6.45) is 10.6. The van der Waals surface area contributed by atoms with Crippen molar-refractivity contribution in [1.82, 2.24) is 5.32 Å². The molecule has 2 aliphatic carbocycles. The fourth-order valence-corrected chi connectivity index (χ4v) is 5.18. The van der Waals surface area contributed by atoms with Gasteiger partial charge in [-0.2, -0.15) is 0 Å². The first-order chi connectivity index (χ1) is 14.9. The normalized spacial score (nSPS) is 23.8. The smallest absolute Gasteiger partial charge is 0.342 e. The van der Waals surface area contributed by atoms with Crippen LogP contribution in [0.25, 0.3) is 0 Å². The van der Waals surface area contributed by atoms with Crippen molar-refractivity contribution in [3.05, 3.63) is 46.1 Å². The second-order valence-electron chi connectivity index (χ2n) is 9.01. The number of cyclic esters (lactones) is 1. The topological polar surface area (TPSA) is 84.9 Å². The molecule has 0 saturated heterocycles. The maximum Gasteiger partial charge on any atom is 0.342 e. The van der Waals surface area contributed by atoms with Crippen molar-refractivity contribution in [2.75, 3.05) is 13.7 Å². The molecule has 3 atom stereocenters. The number of fused-ring (bicyclic) bond motifs is 3. The van der Waals surface area contributed by atoms with E-state index in [4.69, 9.17) is 9.47 Å². The van der Waals surface area contributed by atoms with E-state index in [1.54, 1.807) is 7.11 Å². The van der Waals surface area contributed by atoms with Gasteiger partial charge in [-0.05, 0) is 62.8 Å². The SMILES string of the molecule is COc1c(C)c2c(c(O)c1CC=C(C)CCC(=O)NCC1CC3C=CC1C3)C(=O)OC2. The highest BCUT2D eigenvalue weighted by molar-refractivity contribution is 5.98. The quantitative estimate of drug-likeness (QED) is 0.486. The van der Waals surface area contributed by atoms with Crippen LogP contribution in [0.4, 0.5) is 0 Å². The van der Waals surface area contributed by atoms with Gasteiger partial charge in [-0.3, -0.25) is 4.79 Å². The van der Waals surface area contributed by atoms with Gasteiger partial charge in [0.25, 0.3) is 0 Å². The van der Waals surface area contributed by atoms with E-state index in [1.165, 1.54) is 12.8 Å². The average Bonchev–Trinajstić information content (AvgIpc) is 3.48. The molecular formula is C25H31NO5. The van der Waals surface area contributed by atoms with Crippen molar-refractivity contribution in [2.45, 2.75) is 52.6 Å². The number of esters is 1. The van der Waals surface area contributed by atoms with Crippen LogP contribution < -0.4 is 10.1 Å². The first kappa shape index (κ1) is 21.5. The molecule has 166 valence electrons. The molecule has 31 heavy (non-hydrogen) atoms. The summed E-state index contributed by atoms with van der Waals surface area (Å²) in [5, 5.41) is 13.8. The van der Waals surface area contributed by atoms with E-state index in [0.717, 1.165) is 23.6 Å². The van der Waals surface area contributed by atoms with Gasteiger partial charge in [0.05, 0.1) is 7.11 Å². The number of rotatable bonds is 8. The number of hydrogen-bond donors (Lipinski definition) is 2. The number of allylic oxidation sites excluding steroid dienone is 4. The third kappa shape index (κ3) is 4.21. The van der Waals surface area contributed by atoms with Crippen LogP contribution in [0.1, 0.15) is 59.7 Å². The Balaban J connectivity index is 1.34. The first-order valence-electron chi connectivity index (χ1n) is 11.1. The highest BCUT2D eigenvalue weighted by Gasteiger charge is 2.35. The van der Waals surface area contributed by atoms with E-state index >= 15 is 0 Å². The summed E-state index contributed by atoms with van der Waals surface area (Å²) in [4.78, 5) is 24.3. The number of ether oxygens (including phenoxy) is 2. The average molecular weight is 426 g/mol. The molecule has 0 spiro atoms. The Morgan fingerprint density at radius 1 is 1.32 bits per heavy atom. The monoisotopic (exact) mass is 425 g/mol. The number of methoxy groups -OCH3 is 1. The predicted octanol–water partition coefficient (Wildman–Crippen LogP) is 3.98. The Morgan fingerprint density at radius 2 is 2.13 bits per heavy atom. The van der Waals surface area contributed by atoms with E-state index in [0.29, 0.717) is 48.0 Å². The number of amides is 1. The number of hydrogen-bond acceptors (Lipinski definition) is 5. The minimum absolute atomic E-state index is 0.0679. The number of aromatic hydroxyl groups is 1. The van der Waals surface area contributed by atoms with Crippen LogP contribution in [0.15, 0.2) is 23.8 Å². The van der Waals surface area contributed by atoms with Gasteiger partial charge in [-0.15, -0.1) is 0 Å². The van der Waals surface area contributed by atoms with Crippen molar-refractivity contribution in [2.24, 2.45) is 17.8 Å². The molecule has 1 heterocycles. The molecule has 0 aromatic heterocycles. The molecule has 2 bridgehead atoms. The predicted molar refractivity (Wildman–Crippen MR) is 117 cm³/mol. The van der Waals surface area contributed by atoms with Crippen LogP contribution in [0.2, 0.25) is 0 Å². The van der Waals surface area contributed by atoms with Gasteiger partial charge >= 0.3 is 5.97 Å². The summed E-state index contributed by atoms with van der Waals surface area (Å²) < 4.78 is 10.6. The summed E-state index contributed by atoms with van der Waals surface area (Å²) >= 11 is 0. The van der Waals surface area contributed by atoms with Gasteiger partial charge in [0.1, 0.15) is 23.7 Å². The Kier molecular flexibility index (Phi) is 6.08. The van der Waals surface area contributed by atoms with Gasteiger partial charge in [0.15, 0.2) is 0 Å². The number of carbonyl (C=O) groups is 2. The van der Waals surface area contributed by atoms with Crippen LogP contribution in [0.5, 0.6) is 11.5 Å². The van der Waals surface area contributed by atoms with Crippen LogP contribution in [-0.4, -0.2) is 30.6 Å². The van der Waals surface area contributed by atoms with E-state index in [9.17, 15) is 14.7 Å². The molecule has 6 heteroatoms. The third-order valence-corrected chi connectivity index (χ3v) is 7.03. The van der Waals surface area contributed by atoms with Crippen LogP contribution in [0.3, 0.4) is 0 Å². The molecule has 1 amide bonds. The fraction of sp³-hybridized carbons (Fsp3) is 0.520. The summed E-state index contributed by atoms with van der Waals surface area (Å²) in [7, 11) is 1.56. The van der Waals surface area contributed by atoms with E-state index in [2.05, 4.69) is 17.5 Å². The van der Waals surface area contributed by atoms with Crippen molar-refractivity contribution in [3.63, 3.8) is 0 Å². The van der Waals surface area contributed by atoms with Crippen LogP contribution in [0, 0.1) is 24.7 Å². The maximum absolute atomic E-state index is 12.3. The molecule has 1 fully saturated rings. The second-order valence-corrected chi connectivity index (χ2v) is 9.01. The summed E-state index contributed by atoms with van der Waals surface area (Å²) in [6, 6.07) is 0. The zero-order chi connectivity index (χ0) is 22.1. The van der Waals surface area contributed by atoms with Crippen molar-refractivity contribution < 1.29 is 24.2 Å². The lowest BCUT2D eigenvalue weighted by atomic mass is 9.93. The third-order valence-electron chi connectivity index (χ3n) is 7.03. The molecule has 1 aliphatic heterocycles. The van der Waals surface area contributed by atoms with E-state index < -0.39 is 5.97 Å². The second kappa shape index (κ2) is 8.77. The Labute approximate surface area is 183 Å². The number of phenols is 1. The zero-order valence-corrected chi connectivity index (χ0v) is 18.5. The van der Waals surface area contributed by atoms with Crippen LogP contribution >= 0.6 is 0 Å². The van der Waals surface area contributed by atoms with Gasteiger partial charge in [-0.25, -0.2) is 4.79 Å². The molecule has 1 aromatic rings. The van der Waals surface area contributed by atoms with E-state index in [-0.39, 0.29) is 23.8 Å². The molecular weight excluding hydrogens is 394 g/mol. The number of benzene rings is 1. The van der Waals surface area contributed by atoms with Gasteiger partial charge in [0, 0.05) is 24.1 Å². The lowest BCUT2D eigenvalue weighted by Gasteiger charge is -2.18. The minimum atomic E-state index is -0.497. The molecule has 1 saturated carbocycles. The van der Waals surface area contributed by atoms with Gasteiger partial charge in [0.2, 0.25) is 5.91 Å². The number of phenolic OH excluding ortho intramolecular Hbond substituents is 1. The lowest BCUT2D eigenvalue weighted by molar-refractivity contribution is -0.121. The Morgan fingerprint density at radius 3 is 2.81 bits per heavy atom. The summed E-state index contributed by atoms with van der Waals surface area (Å²) in [5.41, 5.74) is 3.38. The summed E-state index contributed by atoms with van der Waals surface area (Å²) in [5.74, 6) is 2.04. The first-order valence-corrected chi connectivity index (χ1v) is 11.1. The lowest BCUT2D eigenvalue weighted by Crippen LogP contribution is -2.30. The van der Waals surface area contributed by atoms with Crippen molar-refractivity contribution >= 4 is 11.9 Å². The number of carbonyl (C=O) groups excluding carboxylic acids is 2. The maximum atomic E-state index is 12.3. The Hall–Kier alpha value is -2.76. The summed E-state index contributed by atoms with van der Waals surface area (Å²) in [6.45, 7) is 4.77. The molecule has 3 unspecified atom stereocenters. The molecule has 1 aromatic carbocycles. The van der Waals surface area contributed by atoms with Gasteiger partial charge < -0.3 is 19.9 Å². The van der Waals surface area contributed by atoms with Crippen molar-refractivity contribution in [3.8, 4) is 11.5 Å². The molecule has 0 radical (unpaired) electrons. The highest BCUT2D eigenvalue weighted by Crippen LogP contribution is 2.43.